The quantitative estimate of drug-likeness (QED) is 0.744. The van der Waals surface area contributed by atoms with Crippen molar-refractivity contribution in [1.82, 2.24) is 0 Å². The molecule has 0 radical (unpaired) electrons. The first kappa shape index (κ1) is 13.0. The molecule has 0 saturated carbocycles. The average molecular weight is 336 g/mol. The monoisotopic (exact) mass is 334 g/mol. The zero-order valence-electron chi connectivity index (χ0n) is 9.47. The minimum atomic E-state index is 0.183. The molecule has 15 heavy (non-hydrogen) atoms. The predicted octanol–water partition coefficient (Wildman–Crippen LogP) is 5.12. The number of hydrogen-bond donors (Lipinski definition) is 0. The molecule has 84 valence electrons. The summed E-state index contributed by atoms with van der Waals surface area (Å²) in [4.78, 5) is 0. The summed E-state index contributed by atoms with van der Waals surface area (Å²) in [6, 6.07) is 4.24. The van der Waals surface area contributed by atoms with Gasteiger partial charge < -0.3 is 4.74 Å². The Morgan fingerprint density at radius 3 is 1.80 bits per heavy atom. The average Bonchev–Trinajstić information content (AvgIpc) is 2.10. The Hall–Kier alpha value is -0.0200. The van der Waals surface area contributed by atoms with E-state index in [0.29, 0.717) is 5.92 Å². The van der Waals surface area contributed by atoms with Gasteiger partial charge in [0.1, 0.15) is 5.75 Å². The molecule has 0 aliphatic heterocycles. The highest BCUT2D eigenvalue weighted by molar-refractivity contribution is 9.11. The fraction of sp³-hybridized carbons (Fsp3) is 0.500. The van der Waals surface area contributed by atoms with Crippen molar-refractivity contribution in [3.05, 3.63) is 26.6 Å². The summed E-state index contributed by atoms with van der Waals surface area (Å²) >= 11 is 7.08. The van der Waals surface area contributed by atoms with Gasteiger partial charge in [0, 0.05) is 0 Å². The molecule has 3 heteroatoms. The molecule has 0 aliphatic rings. The van der Waals surface area contributed by atoms with Gasteiger partial charge in [-0.25, -0.2) is 0 Å². The summed E-state index contributed by atoms with van der Waals surface area (Å²) in [5, 5.41) is 0. The number of rotatable bonds is 3. The van der Waals surface area contributed by atoms with Crippen LogP contribution < -0.4 is 4.74 Å². The number of halogens is 2. The molecule has 0 spiro atoms. The van der Waals surface area contributed by atoms with Gasteiger partial charge in [-0.2, -0.15) is 0 Å². The zero-order valence-corrected chi connectivity index (χ0v) is 12.6. The van der Waals surface area contributed by atoms with Gasteiger partial charge in [0.05, 0.1) is 15.0 Å². The summed E-state index contributed by atoms with van der Waals surface area (Å²) in [5.74, 6) is 1.40. The van der Waals surface area contributed by atoms with E-state index in [2.05, 4.69) is 57.8 Å². The molecule has 0 fully saturated rings. The third-order valence-electron chi connectivity index (χ3n) is 2.04. The van der Waals surface area contributed by atoms with Crippen molar-refractivity contribution < 1.29 is 4.74 Å². The lowest BCUT2D eigenvalue weighted by atomic mass is 10.0. The first-order chi connectivity index (χ1) is 6.91. The number of benzene rings is 1. The Morgan fingerprint density at radius 2 is 1.47 bits per heavy atom. The first-order valence-corrected chi connectivity index (χ1v) is 6.66. The van der Waals surface area contributed by atoms with Crippen LogP contribution in [0.15, 0.2) is 21.1 Å². The Kier molecular flexibility index (Phi) is 4.65. The van der Waals surface area contributed by atoms with Crippen LogP contribution in [0.3, 0.4) is 0 Å². The van der Waals surface area contributed by atoms with Crippen molar-refractivity contribution >= 4 is 31.9 Å². The van der Waals surface area contributed by atoms with Crippen LogP contribution in [-0.2, 0) is 0 Å². The van der Waals surface area contributed by atoms with Crippen LogP contribution in [0.1, 0.15) is 39.2 Å². The topological polar surface area (TPSA) is 9.23 Å². The van der Waals surface area contributed by atoms with E-state index in [1.807, 2.05) is 13.8 Å². The van der Waals surface area contributed by atoms with E-state index in [1.54, 1.807) is 0 Å². The molecular weight excluding hydrogens is 320 g/mol. The molecule has 0 unspecified atom stereocenters. The molecule has 1 aromatic rings. The third-order valence-corrected chi connectivity index (χ3v) is 3.22. The van der Waals surface area contributed by atoms with Crippen LogP contribution in [0.4, 0.5) is 0 Å². The summed E-state index contributed by atoms with van der Waals surface area (Å²) < 4.78 is 7.73. The molecule has 0 aromatic heterocycles. The fourth-order valence-electron chi connectivity index (χ4n) is 1.26. The lowest BCUT2D eigenvalue weighted by Gasteiger charge is -2.15. The normalized spacial score (nSPS) is 11.2. The zero-order chi connectivity index (χ0) is 11.6. The highest BCUT2D eigenvalue weighted by Gasteiger charge is 2.11. The molecule has 0 heterocycles. The molecule has 0 atom stereocenters. The molecule has 0 saturated heterocycles. The minimum absolute atomic E-state index is 0.183. The second kappa shape index (κ2) is 5.35. The maximum absolute atomic E-state index is 5.72. The lowest BCUT2D eigenvalue weighted by molar-refractivity contribution is 0.239. The van der Waals surface area contributed by atoms with Crippen molar-refractivity contribution in [1.29, 1.82) is 0 Å². The van der Waals surface area contributed by atoms with Crippen LogP contribution >= 0.6 is 31.9 Å². The summed E-state index contributed by atoms with van der Waals surface area (Å²) in [5.41, 5.74) is 1.30. The Morgan fingerprint density at radius 1 is 1.00 bits per heavy atom. The van der Waals surface area contributed by atoms with Crippen LogP contribution in [0.2, 0.25) is 0 Å². The van der Waals surface area contributed by atoms with Gasteiger partial charge in [0.2, 0.25) is 0 Å². The molecule has 1 nitrogen and oxygen atoms in total. The maximum Gasteiger partial charge on any atom is 0.148 e. The van der Waals surface area contributed by atoms with Crippen LogP contribution in [0.5, 0.6) is 5.75 Å². The lowest BCUT2D eigenvalue weighted by Crippen LogP contribution is -2.07. The van der Waals surface area contributed by atoms with Crippen molar-refractivity contribution in [2.75, 3.05) is 0 Å². The molecule has 1 rings (SSSR count). The van der Waals surface area contributed by atoms with Gasteiger partial charge in [0.15, 0.2) is 0 Å². The predicted molar refractivity (Wildman–Crippen MR) is 71.7 cm³/mol. The van der Waals surface area contributed by atoms with Crippen LogP contribution in [0, 0.1) is 0 Å². The van der Waals surface area contributed by atoms with Gasteiger partial charge in [-0.05, 0) is 69.3 Å². The maximum atomic E-state index is 5.72. The van der Waals surface area contributed by atoms with Crippen LogP contribution in [0.25, 0.3) is 0 Å². The molecule has 1 aromatic carbocycles. The second-order valence-electron chi connectivity index (χ2n) is 4.13. The van der Waals surface area contributed by atoms with E-state index >= 15 is 0 Å². The van der Waals surface area contributed by atoms with Gasteiger partial charge in [-0.1, -0.05) is 13.8 Å². The Bertz CT molecular complexity index is 322. The third kappa shape index (κ3) is 3.49. The van der Waals surface area contributed by atoms with Gasteiger partial charge in [-0.15, -0.1) is 0 Å². The molecule has 0 aliphatic carbocycles. The van der Waals surface area contributed by atoms with Gasteiger partial charge in [0.25, 0.3) is 0 Å². The largest absolute Gasteiger partial charge is 0.489 e. The second-order valence-corrected chi connectivity index (χ2v) is 5.84. The van der Waals surface area contributed by atoms with Crippen molar-refractivity contribution in [3.63, 3.8) is 0 Å². The highest BCUT2D eigenvalue weighted by atomic mass is 79.9. The van der Waals surface area contributed by atoms with E-state index in [9.17, 15) is 0 Å². The summed E-state index contributed by atoms with van der Waals surface area (Å²) in [6.45, 7) is 8.40. The summed E-state index contributed by atoms with van der Waals surface area (Å²) in [7, 11) is 0. The van der Waals surface area contributed by atoms with Gasteiger partial charge >= 0.3 is 0 Å². The Balaban J connectivity index is 3.10. The SMILES string of the molecule is CC(C)Oc1c(Br)cc(C(C)C)cc1Br. The molecule has 0 bridgehead atoms. The van der Waals surface area contributed by atoms with E-state index in [4.69, 9.17) is 4.74 Å². The van der Waals surface area contributed by atoms with Gasteiger partial charge in [-0.3, -0.25) is 0 Å². The van der Waals surface area contributed by atoms with Crippen molar-refractivity contribution in [2.24, 2.45) is 0 Å². The van der Waals surface area contributed by atoms with Crippen molar-refractivity contribution in [2.45, 2.75) is 39.7 Å². The first-order valence-electron chi connectivity index (χ1n) is 5.07. The van der Waals surface area contributed by atoms with E-state index in [0.717, 1.165) is 14.7 Å². The fourth-order valence-corrected chi connectivity index (χ4v) is 2.67. The standard InChI is InChI=1S/C12H16Br2O/c1-7(2)9-5-10(13)12(11(14)6-9)15-8(3)4/h5-8H,1-4H3. The number of hydrogen-bond acceptors (Lipinski definition) is 1. The minimum Gasteiger partial charge on any atom is -0.489 e. The van der Waals surface area contributed by atoms with Crippen molar-refractivity contribution in [3.8, 4) is 5.75 Å². The Labute approximate surface area is 108 Å². The smallest absolute Gasteiger partial charge is 0.148 e. The van der Waals surface area contributed by atoms with E-state index in [-0.39, 0.29) is 6.10 Å². The highest BCUT2D eigenvalue weighted by Crippen LogP contribution is 2.37. The van der Waals surface area contributed by atoms with E-state index < -0.39 is 0 Å². The van der Waals surface area contributed by atoms with E-state index in [1.165, 1.54) is 5.56 Å². The van der Waals surface area contributed by atoms with Crippen LogP contribution in [-0.4, -0.2) is 6.10 Å². The molecular formula is C12H16Br2O. The number of ether oxygens (including phenoxy) is 1. The summed E-state index contributed by atoms with van der Waals surface area (Å²) in [6.07, 6.45) is 0.183. The molecule has 0 amide bonds. The molecule has 0 N–H and O–H groups in total.